The van der Waals surface area contributed by atoms with Crippen LogP contribution in [0.5, 0.6) is 0 Å². The number of hydrogen-bond donors (Lipinski definition) is 0. The van der Waals surface area contributed by atoms with E-state index in [1.54, 1.807) is 18.5 Å². The van der Waals surface area contributed by atoms with Gasteiger partial charge in [0.2, 0.25) is 5.90 Å². The number of nitrogens with zero attached hydrogens (tertiary/aromatic N) is 3. The summed E-state index contributed by atoms with van der Waals surface area (Å²) in [7, 11) is 0. The van der Waals surface area contributed by atoms with Crippen LogP contribution in [0.4, 0.5) is 5.69 Å². The molecule has 1 aromatic heterocycles. The Kier molecular flexibility index (Phi) is 3.73. The molecule has 0 aliphatic carbocycles. The van der Waals surface area contributed by atoms with E-state index in [1.165, 1.54) is 5.01 Å². The van der Waals surface area contributed by atoms with Crippen molar-refractivity contribution in [1.82, 2.24) is 4.98 Å². The molecule has 0 saturated carbocycles. The molecule has 5 nitrogen and oxygen atoms in total. The molecule has 0 atom stereocenters. The van der Waals surface area contributed by atoms with Gasteiger partial charge in [-0.15, -0.1) is 5.10 Å². The van der Waals surface area contributed by atoms with Crippen LogP contribution in [0.1, 0.15) is 5.56 Å². The highest BCUT2D eigenvalue weighted by atomic mass is 16.5. The van der Waals surface area contributed by atoms with Crippen LogP contribution in [0.3, 0.4) is 0 Å². The van der Waals surface area contributed by atoms with E-state index in [2.05, 4.69) is 10.1 Å². The Morgan fingerprint density at radius 1 is 1.10 bits per heavy atom. The summed E-state index contributed by atoms with van der Waals surface area (Å²) in [6.07, 6.45) is 7.01. The van der Waals surface area contributed by atoms with Crippen molar-refractivity contribution in [3.8, 4) is 0 Å². The monoisotopic (exact) mass is 279 g/mol. The molecule has 0 saturated heterocycles. The van der Waals surface area contributed by atoms with Crippen LogP contribution in [0.25, 0.3) is 6.08 Å². The van der Waals surface area contributed by atoms with E-state index >= 15 is 0 Å². The second-order valence-corrected chi connectivity index (χ2v) is 4.39. The fourth-order valence-electron chi connectivity index (χ4n) is 1.87. The summed E-state index contributed by atoms with van der Waals surface area (Å²) in [4.78, 5) is 15.9. The average molecular weight is 279 g/mol. The maximum Gasteiger partial charge on any atom is 0.285 e. The SMILES string of the molecule is O=C1COC(C=Cc2cccnc2)=NN1c1ccccc1. The maximum atomic E-state index is 11.9. The van der Waals surface area contributed by atoms with E-state index in [-0.39, 0.29) is 12.5 Å². The fourth-order valence-corrected chi connectivity index (χ4v) is 1.87. The topological polar surface area (TPSA) is 54.8 Å². The van der Waals surface area contributed by atoms with Gasteiger partial charge in [0.1, 0.15) is 0 Å². The summed E-state index contributed by atoms with van der Waals surface area (Å²) >= 11 is 0. The summed E-state index contributed by atoms with van der Waals surface area (Å²) < 4.78 is 5.32. The quantitative estimate of drug-likeness (QED) is 0.867. The number of anilines is 1. The molecule has 2 aromatic rings. The highest BCUT2D eigenvalue weighted by molar-refractivity contribution is 6.03. The summed E-state index contributed by atoms with van der Waals surface area (Å²) in [6, 6.07) is 13.0. The smallest absolute Gasteiger partial charge is 0.285 e. The number of carbonyl (C=O) groups is 1. The van der Waals surface area contributed by atoms with Crippen molar-refractivity contribution in [1.29, 1.82) is 0 Å². The molecule has 0 spiro atoms. The van der Waals surface area contributed by atoms with Crippen LogP contribution in [0.15, 0.2) is 66.0 Å². The van der Waals surface area contributed by atoms with Crippen LogP contribution in [0, 0.1) is 0 Å². The van der Waals surface area contributed by atoms with Crippen molar-refractivity contribution in [2.24, 2.45) is 5.10 Å². The zero-order chi connectivity index (χ0) is 14.5. The van der Waals surface area contributed by atoms with E-state index in [1.807, 2.05) is 48.5 Å². The van der Waals surface area contributed by atoms with Crippen molar-refractivity contribution in [3.63, 3.8) is 0 Å². The van der Waals surface area contributed by atoms with E-state index in [0.29, 0.717) is 5.90 Å². The first-order valence-electron chi connectivity index (χ1n) is 6.50. The molecule has 2 heterocycles. The minimum absolute atomic E-state index is 0.0227. The van der Waals surface area contributed by atoms with Gasteiger partial charge in [0.25, 0.3) is 5.91 Å². The summed E-state index contributed by atoms with van der Waals surface area (Å²) in [5.41, 5.74) is 1.66. The van der Waals surface area contributed by atoms with Gasteiger partial charge in [0.05, 0.1) is 5.69 Å². The predicted molar refractivity (Wildman–Crippen MR) is 80.6 cm³/mol. The largest absolute Gasteiger partial charge is 0.466 e. The van der Waals surface area contributed by atoms with Crippen LogP contribution in [0.2, 0.25) is 0 Å². The number of pyridine rings is 1. The number of ether oxygens (including phenoxy) is 1. The molecule has 1 aromatic carbocycles. The van der Waals surface area contributed by atoms with Crippen molar-refractivity contribution in [2.45, 2.75) is 0 Å². The molecule has 5 heteroatoms. The summed E-state index contributed by atoms with van der Waals surface area (Å²) in [5.74, 6) is 0.196. The van der Waals surface area contributed by atoms with Crippen LogP contribution < -0.4 is 5.01 Å². The molecule has 0 fully saturated rings. The highest BCUT2D eigenvalue weighted by Gasteiger charge is 2.21. The normalized spacial score (nSPS) is 15.0. The lowest BCUT2D eigenvalue weighted by atomic mass is 10.2. The van der Waals surface area contributed by atoms with Crippen molar-refractivity contribution in [2.75, 3.05) is 11.6 Å². The minimum Gasteiger partial charge on any atom is -0.466 e. The highest BCUT2D eigenvalue weighted by Crippen LogP contribution is 2.17. The van der Waals surface area contributed by atoms with Gasteiger partial charge < -0.3 is 4.74 Å². The first-order valence-corrected chi connectivity index (χ1v) is 6.50. The van der Waals surface area contributed by atoms with Gasteiger partial charge in [0, 0.05) is 18.5 Å². The third kappa shape index (κ3) is 3.14. The molecule has 104 valence electrons. The number of benzene rings is 1. The van der Waals surface area contributed by atoms with E-state index < -0.39 is 0 Å². The Morgan fingerprint density at radius 3 is 2.71 bits per heavy atom. The van der Waals surface area contributed by atoms with E-state index in [0.717, 1.165) is 11.3 Å². The first-order chi connectivity index (χ1) is 10.3. The summed E-state index contributed by atoms with van der Waals surface area (Å²) in [5, 5.41) is 5.57. The van der Waals surface area contributed by atoms with Gasteiger partial charge in [-0.1, -0.05) is 24.3 Å². The number of rotatable bonds is 3. The molecular weight excluding hydrogens is 266 g/mol. The number of hydrazone groups is 1. The molecule has 1 aliphatic heterocycles. The molecule has 0 bridgehead atoms. The van der Waals surface area contributed by atoms with Crippen LogP contribution >= 0.6 is 0 Å². The number of aromatic nitrogens is 1. The second-order valence-electron chi connectivity index (χ2n) is 4.39. The second kappa shape index (κ2) is 6.00. The molecule has 21 heavy (non-hydrogen) atoms. The third-order valence-corrected chi connectivity index (χ3v) is 2.88. The fraction of sp³-hybridized carbons (Fsp3) is 0.0625. The number of hydrogen-bond acceptors (Lipinski definition) is 4. The molecule has 0 unspecified atom stereocenters. The molecule has 1 amide bonds. The standard InChI is InChI=1S/C16H13N3O2/c20-16-12-21-15(9-8-13-5-4-10-17-11-13)18-19(16)14-6-2-1-3-7-14/h1-11H,12H2. The molecule has 0 radical (unpaired) electrons. The van der Waals surface area contributed by atoms with Crippen molar-refractivity contribution in [3.05, 3.63) is 66.5 Å². The lowest BCUT2D eigenvalue weighted by molar-refractivity contribution is -0.121. The zero-order valence-corrected chi connectivity index (χ0v) is 11.2. The lowest BCUT2D eigenvalue weighted by Gasteiger charge is -2.22. The van der Waals surface area contributed by atoms with Gasteiger partial charge in [-0.05, 0) is 29.8 Å². The molecule has 0 N–H and O–H groups in total. The predicted octanol–water partition coefficient (Wildman–Crippen LogP) is 2.47. The number of amides is 1. The molecule has 1 aliphatic rings. The Morgan fingerprint density at radius 2 is 1.95 bits per heavy atom. The van der Waals surface area contributed by atoms with Gasteiger partial charge >= 0.3 is 0 Å². The number of carbonyl (C=O) groups excluding carboxylic acids is 1. The Labute approximate surface area is 122 Å². The molecule has 3 rings (SSSR count). The van der Waals surface area contributed by atoms with Gasteiger partial charge in [-0.25, -0.2) is 0 Å². The van der Waals surface area contributed by atoms with Gasteiger partial charge in [-0.2, -0.15) is 5.01 Å². The van der Waals surface area contributed by atoms with E-state index in [4.69, 9.17) is 4.74 Å². The average Bonchev–Trinajstić information content (AvgIpc) is 2.56. The third-order valence-electron chi connectivity index (χ3n) is 2.88. The van der Waals surface area contributed by atoms with Crippen LogP contribution in [-0.4, -0.2) is 23.4 Å². The maximum absolute atomic E-state index is 11.9. The molecular formula is C16H13N3O2. The van der Waals surface area contributed by atoms with Gasteiger partial charge in [0.15, 0.2) is 6.61 Å². The Bertz CT molecular complexity index is 681. The number of para-hydroxylation sites is 1. The lowest BCUT2D eigenvalue weighted by Crippen LogP contribution is -2.35. The van der Waals surface area contributed by atoms with Gasteiger partial charge in [-0.3, -0.25) is 9.78 Å². The van der Waals surface area contributed by atoms with Crippen molar-refractivity contribution < 1.29 is 9.53 Å². The van der Waals surface area contributed by atoms with E-state index in [9.17, 15) is 4.79 Å². The Balaban J connectivity index is 1.83. The Hall–Kier alpha value is -2.95. The zero-order valence-electron chi connectivity index (χ0n) is 11.2. The van der Waals surface area contributed by atoms with Crippen LogP contribution in [-0.2, 0) is 9.53 Å². The van der Waals surface area contributed by atoms with Crippen molar-refractivity contribution >= 4 is 23.6 Å². The minimum atomic E-state index is -0.195. The first kappa shape index (κ1) is 13.1. The summed E-state index contributed by atoms with van der Waals surface area (Å²) in [6.45, 7) is -0.0227.